The summed E-state index contributed by atoms with van der Waals surface area (Å²) < 4.78 is 26.7. The number of hydrogen-bond acceptors (Lipinski definition) is 5. The van der Waals surface area contributed by atoms with Crippen molar-refractivity contribution in [1.82, 2.24) is 15.5 Å². The number of hydrogen-bond donors (Lipinski definition) is 1. The van der Waals surface area contributed by atoms with Crippen LogP contribution >= 0.6 is 22.7 Å². The van der Waals surface area contributed by atoms with E-state index in [0.717, 1.165) is 28.3 Å². The van der Waals surface area contributed by atoms with Gasteiger partial charge >= 0.3 is 0 Å². The van der Waals surface area contributed by atoms with Crippen LogP contribution in [0, 0.1) is 11.6 Å². The molecule has 0 aliphatic heterocycles. The van der Waals surface area contributed by atoms with E-state index in [4.69, 9.17) is 0 Å². The van der Waals surface area contributed by atoms with Crippen LogP contribution in [-0.2, 0) is 0 Å². The smallest absolute Gasteiger partial charge is 0.282 e. The second-order valence-corrected chi connectivity index (χ2v) is 6.70. The van der Waals surface area contributed by atoms with Crippen molar-refractivity contribution in [2.75, 3.05) is 0 Å². The fraction of sp³-hybridized carbons (Fsp3) is 0.133. The number of nitrogens with one attached hydrogen (secondary N) is 1. The van der Waals surface area contributed by atoms with E-state index in [-0.39, 0.29) is 27.5 Å². The van der Waals surface area contributed by atoms with Crippen molar-refractivity contribution in [3.63, 3.8) is 0 Å². The van der Waals surface area contributed by atoms with Gasteiger partial charge in [-0.3, -0.25) is 4.79 Å². The Hall–Kier alpha value is -2.19. The Balaban J connectivity index is 1.77. The van der Waals surface area contributed by atoms with E-state index in [0.29, 0.717) is 0 Å². The van der Waals surface area contributed by atoms with Crippen molar-refractivity contribution >= 4 is 28.6 Å². The topological polar surface area (TPSA) is 54.9 Å². The van der Waals surface area contributed by atoms with Crippen molar-refractivity contribution in [3.8, 4) is 10.6 Å². The zero-order chi connectivity index (χ0) is 16.4. The summed E-state index contributed by atoms with van der Waals surface area (Å²) in [5, 5.41) is 12.7. The molecule has 0 saturated heterocycles. The first-order valence-electron chi connectivity index (χ1n) is 6.68. The molecule has 0 bridgehead atoms. The molecule has 1 aromatic carbocycles. The first-order valence-corrected chi connectivity index (χ1v) is 8.37. The van der Waals surface area contributed by atoms with Gasteiger partial charge in [-0.15, -0.1) is 21.5 Å². The number of amides is 1. The van der Waals surface area contributed by atoms with Gasteiger partial charge in [0.2, 0.25) is 5.01 Å². The maximum atomic E-state index is 13.7. The van der Waals surface area contributed by atoms with Gasteiger partial charge in [-0.25, -0.2) is 8.78 Å². The normalized spacial score (nSPS) is 12.1. The lowest BCUT2D eigenvalue weighted by molar-refractivity contribution is 0.0939. The molecule has 23 heavy (non-hydrogen) atoms. The number of thiophene rings is 1. The fourth-order valence-corrected chi connectivity index (χ4v) is 3.46. The quantitative estimate of drug-likeness (QED) is 0.772. The predicted molar refractivity (Wildman–Crippen MR) is 85.5 cm³/mol. The highest BCUT2D eigenvalue weighted by atomic mass is 32.1. The third kappa shape index (κ3) is 3.43. The number of rotatable bonds is 4. The third-order valence-electron chi connectivity index (χ3n) is 3.10. The van der Waals surface area contributed by atoms with Crippen molar-refractivity contribution in [2.24, 2.45) is 0 Å². The summed E-state index contributed by atoms with van der Waals surface area (Å²) >= 11 is 2.50. The molecule has 2 heterocycles. The van der Waals surface area contributed by atoms with Gasteiger partial charge in [-0.1, -0.05) is 17.4 Å². The van der Waals surface area contributed by atoms with Crippen LogP contribution in [0.3, 0.4) is 0 Å². The van der Waals surface area contributed by atoms with Crippen LogP contribution in [0.5, 0.6) is 0 Å². The zero-order valence-corrected chi connectivity index (χ0v) is 13.5. The molecule has 0 unspecified atom stereocenters. The summed E-state index contributed by atoms with van der Waals surface area (Å²) in [6.45, 7) is 1.87. The summed E-state index contributed by atoms with van der Waals surface area (Å²) in [5.41, 5.74) is 0.120. The van der Waals surface area contributed by atoms with Gasteiger partial charge in [0.25, 0.3) is 5.91 Å². The van der Waals surface area contributed by atoms with Crippen LogP contribution in [-0.4, -0.2) is 16.1 Å². The number of nitrogens with zero attached hydrogens (tertiary/aromatic N) is 2. The van der Waals surface area contributed by atoms with E-state index < -0.39 is 11.6 Å². The summed E-state index contributed by atoms with van der Waals surface area (Å²) in [6, 6.07) is 6.87. The molecule has 0 fully saturated rings. The first-order chi connectivity index (χ1) is 11.0. The summed E-state index contributed by atoms with van der Waals surface area (Å²) in [4.78, 5) is 13.2. The van der Waals surface area contributed by atoms with Crippen molar-refractivity contribution in [2.45, 2.75) is 13.0 Å². The van der Waals surface area contributed by atoms with E-state index in [1.807, 2.05) is 24.4 Å². The van der Waals surface area contributed by atoms with Crippen LogP contribution in [0.4, 0.5) is 8.78 Å². The molecule has 0 aliphatic rings. The second-order valence-electron chi connectivity index (χ2n) is 4.75. The Bertz CT molecular complexity index is 833. The molecule has 0 radical (unpaired) electrons. The molecule has 1 atom stereocenters. The highest BCUT2D eigenvalue weighted by molar-refractivity contribution is 7.16. The van der Waals surface area contributed by atoms with Gasteiger partial charge in [0, 0.05) is 16.5 Å². The van der Waals surface area contributed by atoms with Crippen LogP contribution in [0.1, 0.15) is 27.6 Å². The lowest BCUT2D eigenvalue weighted by Crippen LogP contribution is -2.25. The maximum absolute atomic E-state index is 13.7. The van der Waals surface area contributed by atoms with Crippen molar-refractivity contribution < 1.29 is 13.6 Å². The molecule has 0 aliphatic carbocycles. The van der Waals surface area contributed by atoms with Gasteiger partial charge in [-0.2, -0.15) is 0 Å². The van der Waals surface area contributed by atoms with E-state index >= 15 is 0 Å². The van der Waals surface area contributed by atoms with Gasteiger partial charge in [0.1, 0.15) is 11.6 Å². The predicted octanol–water partition coefficient (Wildman–Crippen LogP) is 4.04. The Kier molecular flexibility index (Phi) is 4.44. The molecule has 0 saturated carbocycles. The molecule has 1 amide bonds. The lowest BCUT2D eigenvalue weighted by atomic mass is 10.2. The van der Waals surface area contributed by atoms with Gasteiger partial charge in [0.05, 0.1) is 6.04 Å². The number of aromatic nitrogens is 2. The number of halogens is 2. The Morgan fingerprint density at radius 1 is 1.26 bits per heavy atom. The van der Waals surface area contributed by atoms with Crippen molar-refractivity contribution in [1.29, 1.82) is 0 Å². The number of carbonyl (C=O) groups excluding carboxylic acids is 1. The Labute approximate surface area is 138 Å². The largest absolute Gasteiger partial charge is 0.343 e. The highest BCUT2D eigenvalue weighted by Crippen LogP contribution is 2.27. The van der Waals surface area contributed by atoms with E-state index in [9.17, 15) is 13.6 Å². The summed E-state index contributed by atoms with van der Waals surface area (Å²) in [5.74, 6) is -1.78. The minimum Gasteiger partial charge on any atom is -0.343 e. The molecule has 3 rings (SSSR count). The minimum atomic E-state index is -0.736. The van der Waals surface area contributed by atoms with Crippen LogP contribution in [0.15, 0.2) is 35.7 Å². The minimum absolute atomic E-state index is 0.120. The molecule has 118 valence electrons. The molecule has 2 aromatic heterocycles. The Morgan fingerprint density at radius 3 is 2.78 bits per heavy atom. The summed E-state index contributed by atoms with van der Waals surface area (Å²) in [6.07, 6.45) is 0. The molecule has 1 N–H and O–H groups in total. The number of benzene rings is 1. The number of carbonyl (C=O) groups is 1. The van der Waals surface area contributed by atoms with Crippen molar-refractivity contribution in [3.05, 3.63) is 57.2 Å². The standard InChI is InChI=1S/C15H11F2N3OS2/c1-8(12-3-2-6-22-12)18-13(21)15-20-19-14(23-15)10-5-4-9(16)7-11(10)17/h2-8H,1H3,(H,18,21)/t8-/m0/s1. The van der Waals surface area contributed by atoms with Crippen LogP contribution in [0.25, 0.3) is 10.6 Å². The molecular weight excluding hydrogens is 340 g/mol. The monoisotopic (exact) mass is 351 g/mol. The first kappa shape index (κ1) is 15.7. The average molecular weight is 351 g/mol. The van der Waals surface area contributed by atoms with Gasteiger partial charge in [0.15, 0.2) is 5.01 Å². The lowest BCUT2D eigenvalue weighted by Gasteiger charge is -2.10. The second kappa shape index (κ2) is 6.51. The summed E-state index contributed by atoms with van der Waals surface area (Å²) in [7, 11) is 0. The molecule has 8 heteroatoms. The molecule has 3 aromatic rings. The fourth-order valence-electron chi connectivity index (χ4n) is 1.95. The maximum Gasteiger partial charge on any atom is 0.282 e. The highest BCUT2D eigenvalue weighted by Gasteiger charge is 2.18. The van der Waals surface area contributed by atoms with Gasteiger partial charge in [-0.05, 0) is 30.5 Å². The SMILES string of the molecule is C[C@H](NC(=O)c1nnc(-c2ccc(F)cc2F)s1)c1cccs1. The zero-order valence-electron chi connectivity index (χ0n) is 11.9. The van der Waals surface area contributed by atoms with E-state index in [1.54, 1.807) is 11.3 Å². The average Bonchev–Trinajstić information content (AvgIpc) is 3.19. The van der Waals surface area contributed by atoms with E-state index in [1.165, 1.54) is 6.07 Å². The molecular formula is C15H11F2N3OS2. The molecule has 0 spiro atoms. The van der Waals surface area contributed by atoms with Crippen LogP contribution in [0.2, 0.25) is 0 Å². The molecule has 4 nitrogen and oxygen atoms in total. The van der Waals surface area contributed by atoms with Gasteiger partial charge < -0.3 is 5.32 Å². The van der Waals surface area contributed by atoms with Crippen LogP contribution < -0.4 is 5.32 Å². The Morgan fingerprint density at radius 2 is 2.09 bits per heavy atom. The van der Waals surface area contributed by atoms with E-state index in [2.05, 4.69) is 15.5 Å². The third-order valence-corrected chi connectivity index (χ3v) is 5.11.